The van der Waals surface area contributed by atoms with Gasteiger partial charge in [0.1, 0.15) is 24.4 Å². The molecule has 6 nitrogen and oxygen atoms in total. The molecule has 2 N–H and O–H groups in total. The van der Waals surface area contributed by atoms with Crippen LogP contribution in [0.1, 0.15) is 11.1 Å². The summed E-state index contributed by atoms with van der Waals surface area (Å²) in [5.41, 5.74) is 1.96. The van der Waals surface area contributed by atoms with Crippen LogP contribution >= 0.6 is 0 Å². The molecule has 0 saturated carbocycles. The highest BCUT2D eigenvalue weighted by Crippen LogP contribution is 2.26. The number of aliphatic hydroxyl groups excluding tert-OH is 2. The second kappa shape index (κ2) is 11.2. The van der Waals surface area contributed by atoms with Crippen LogP contribution in [0.25, 0.3) is 0 Å². The molecule has 0 amide bonds. The normalized spacial score (nSPS) is 26.9. The van der Waals surface area contributed by atoms with Crippen molar-refractivity contribution in [2.24, 2.45) is 0 Å². The van der Waals surface area contributed by atoms with Crippen LogP contribution in [0.4, 0.5) is 0 Å². The van der Waals surface area contributed by atoms with Gasteiger partial charge in [0.05, 0.1) is 26.4 Å². The highest BCUT2D eigenvalue weighted by molar-refractivity contribution is 5.14. The van der Waals surface area contributed by atoms with Crippen molar-refractivity contribution >= 4 is 0 Å². The first-order chi connectivity index (χ1) is 14.2. The largest absolute Gasteiger partial charge is 0.387 e. The monoisotopic (exact) mass is 400 g/mol. The summed E-state index contributed by atoms with van der Waals surface area (Å²) in [6, 6.07) is 19.3. The molecular weight excluding hydrogens is 372 g/mol. The summed E-state index contributed by atoms with van der Waals surface area (Å²) in [5, 5.41) is 21.3. The van der Waals surface area contributed by atoms with Gasteiger partial charge in [0.25, 0.3) is 0 Å². The molecule has 2 aromatic rings. The number of benzene rings is 2. The van der Waals surface area contributed by atoms with E-state index in [0.29, 0.717) is 6.61 Å². The van der Waals surface area contributed by atoms with Crippen LogP contribution in [-0.4, -0.2) is 54.1 Å². The minimum Gasteiger partial charge on any atom is -0.387 e. The molecule has 1 saturated heterocycles. The van der Waals surface area contributed by atoms with E-state index in [-0.39, 0.29) is 19.8 Å². The maximum Gasteiger partial charge on any atom is 0.184 e. The SMILES string of the molecule is C=CCOC1C(O)C(COCc2ccccc2)OC(O)C1OCc1ccccc1. The Morgan fingerprint density at radius 2 is 1.48 bits per heavy atom. The van der Waals surface area contributed by atoms with Crippen molar-refractivity contribution < 1.29 is 29.2 Å². The van der Waals surface area contributed by atoms with Crippen LogP contribution in [0.2, 0.25) is 0 Å². The van der Waals surface area contributed by atoms with Crippen molar-refractivity contribution in [3.8, 4) is 0 Å². The Labute approximate surface area is 171 Å². The van der Waals surface area contributed by atoms with Crippen molar-refractivity contribution in [2.75, 3.05) is 13.2 Å². The lowest BCUT2D eigenvalue weighted by molar-refractivity contribution is -0.306. The summed E-state index contributed by atoms with van der Waals surface area (Å²) in [4.78, 5) is 0. The van der Waals surface area contributed by atoms with E-state index < -0.39 is 30.7 Å². The fourth-order valence-corrected chi connectivity index (χ4v) is 3.23. The predicted molar refractivity (Wildman–Crippen MR) is 108 cm³/mol. The summed E-state index contributed by atoms with van der Waals surface area (Å²) >= 11 is 0. The molecule has 1 fully saturated rings. The van der Waals surface area contributed by atoms with Gasteiger partial charge in [-0.2, -0.15) is 0 Å². The molecule has 2 aromatic carbocycles. The quantitative estimate of drug-likeness (QED) is 0.597. The molecule has 5 atom stereocenters. The molecule has 0 bridgehead atoms. The minimum absolute atomic E-state index is 0.118. The molecule has 5 unspecified atom stereocenters. The zero-order chi connectivity index (χ0) is 20.5. The molecule has 0 aliphatic carbocycles. The number of rotatable bonds is 10. The Balaban J connectivity index is 1.59. The zero-order valence-electron chi connectivity index (χ0n) is 16.3. The van der Waals surface area contributed by atoms with E-state index in [1.54, 1.807) is 6.08 Å². The molecule has 1 aliphatic rings. The van der Waals surface area contributed by atoms with E-state index in [2.05, 4.69) is 6.58 Å². The van der Waals surface area contributed by atoms with Crippen molar-refractivity contribution in [1.82, 2.24) is 0 Å². The van der Waals surface area contributed by atoms with Crippen LogP contribution < -0.4 is 0 Å². The third-order valence-electron chi connectivity index (χ3n) is 4.72. The van der Waals surface area contributed by atoms with Gasteiger partial charge < -0.3 is 29.2 Å². The average Bonchev–Trinajstić information content (AvgIpc) is 2.75. The van der Waals surface area contributed by atoms with Crippen LogP contribution in [0.3, 0.4) is 0 Å². The smallest absolute Gasteiger partial charge is 0.184 e. The van der Waals surface area contributed by atoms with Gasteiger partial charge in [-0.3, -0.25) is 0 Å². The van der Waals surface area contributed by atoms with Crippen molar-refractivity contribution in [1.29, 1.82) is 0 Å². The Kier molecular flexibility index (Phi) is 8.37. The Morgan fingerprint density at radius 1 is 0.862 bits per heavy atom. The van der Waals surface area contributed by atoms with Crippen LogP contribution in [0.15, 0.2) is 73.3 Å². The predicted octanol–water partition coefficient (Wildman–Crippen LogP) is 2.44. The fourth-order valence-electron chi connectivity index (χ4n) is 3.23. The first kappa shape index (κ1) is 21.6. The summed E-state index contributed by atoms with van der Waals surface area (Å²) in [6.07, 6.45) is -3.03. The van der Waals surface area contributed by atoms with Gasteiger partial charge in [0.2, 0.25) is 0 Å². The van der Waals surface area contributed by atoms with Crippen molar-refractivity contribution in [3.63, 3.8) is 0 Å². The lowest BCUT2D eigenvalue weighted by Crippen LogP contribution is -2.60. The van der Waals surface area contributed by atoms with Gasteiger partial charge in [-0.05, 0) is 11.1 Å². The van der Waals surface area contributed by atoms with Gasteiger partial charge in [-0.15, -0.1) is 6.58 Å². The first-order valence-electron chi connectivity index (χ1n) is 9.70. The summed E-state index contributed by atoms with van der Waals surface area (Å²) in [6.45, 7) is 4.63. The molecule has 1 heterocycles. The summed E-state index contributed by atoms with van der Waals surface area (Å²) in [5.74, 6) is 0. The van der Waals surface area contributed by atoms with Crippen LogP contribution in [-0.2, 0) is 32.2 Å². The highest BCUT2D eigenvalue weighted by Gasteiger charge is 2.46. The molecule has 0 radical (unpaired) electrons. The molecule has 0 spiro atoms. The standard InChI is InChI=1S/C23H28O6/c1-2-13-27-21-20(24)19(16-26-14-17-9-5-3-6-10-17)29-23(25)22(21)28-15-18-11-7-4-8-12-18/h2-12,19-25H,1,13-16H2. The first-order valence-corrected chi connectivity index (χ1v) is 9.70. The van der Waals surface area contributed by atoms with E-state index in [1.807, 2.05) is 60.7 Å². The van der Waals surface area contributed by atoms with E-state index in [9.17, 15) is 10.2 Å². The molecule has 29 heavy (non-hydrogen) atoms. The maximum absolute atomic E-state index is 10.8. The Hall–Kier alpha value is -2.06. The number of aliphatic hydroxyl groups is 2. The van der Waals surface area contributed by atoms with Gasteiger partial charge in [-0.25, -0.2) is 0 Å². The summed E-state index contributed by atoms with van der Waals surface area (Å²) in [7, 11) is 0. The van der Waals surface area contributed by atoms with Gasteiger partial charge in [-0.1, -0.05) is 66.7 Å². The highest BCUT2D eigenvalue weighted by atomic mass is 16.7. The fraction of sp³-hybridized carbons (Fsp3) is 0.391. The van der Waals surface area contributed by atoms with Crippen molar-refractivity contribution in [2.45, 2.75) is 43.9 Å². The van der Waals surface area contributed by atoms with Crippen LogP contribution in [0, 0.1) is 0 Å². The number of hydrogen-bond donors (Lipinski definition) is 2. The molecular formula is C23H28O6. The van der Waals surface area contributed by atoms with E-state index in [1.165, 1.54) is 0 Å². The second-order valence-corrected chi connectivity index (χ2v) is 6.90. The lowest BCUT2D eigenvalue weighted by Gasteiger charge is -2.42. The maximum atomic E-state index is 10.8. The molecule has 0 aromatic heterocycles. The zero-order valence-corrected chi connectivity index (χ0v) is 16.3. The average molecular weight is 400 g/mol. The summed E-state index contributed by atoms with van der Waals surface area (Å²) < 4.78 is 22.9. The molecule has 3 rings (SSSR count). The topological polar surface area (TPSA) is 77.4 Å². The molecule has 1 aliphatic heterocycles. The Bertz CT molecular complexity index is 723. The van der Waals surface area contributed by atoms with Gasteiger partial charge in [0, 0.05) is 0 Å². The second-order valence-electron chi connectivity index (χ2n) is 6.90. The minimum atomic E-state index is -1.25. The third-order valence-corrected chi connectivity index (χ3v) is 4.72. The van der Waals surface area contributed by atoms with E-state index >= 15 is 0 Å². The third kappa shape index (κ3) is 6.21. The lowest BCUT2D eigenvalue weighted by atomic mass is 9.98. The number of ether oxygens (including phenoxy) is 4. The van der Waals surface area contributed by atoms with Gasteiger partial charge in [0.15, 0.2) is 6.29 Å². The molecule has 156 valence electrons. The van der Waals surface area contributed by atoms with Gasteiger partial charge >= 0.3 is 0 Å². The molecule has 6 heteroatoms. The van der Waals surface area contributed by atoms with Crippen molar-refractivity contribution in [3.05, 3.63) is 84.4 Å². The number of hydrogen-bond acceptors (Lipinski definition) is 6. The van der Waals surface area contributed by atoms with E-state index in [4.69, 9.17) is 18.9 Å². The Morgan fingerprint density at radius 3 is 2.10 bits per heavy atom. The van der Waals surface area contributed by atoms with E-state index in [0.717, 1.165) is 11.1 Å². The van der Waals surface area contributed by atoms with Crippen LogP contribution in [0.5, 0.6) is 0 Å².